The van der Waals surface area contributed by atoms with Crippen LogP contribution in [0.5, 0.6) is 0 Å². The highest BCUT2D eigenvalue weighted by atomic mass is 32.2. The van der Waals surface area contributed by atoms with E-state index in [0.29, 0.717) is 5.75 Å². The molecule has 0 spiro atoms. The largest absolute Gasteiger partial charge is 0.403 e. The van der Waals surface area contributed by atoms with Crippen molar-refractivity contribution in [3.63, 3.8) is 0 Å². The maximum atomic E-state index is 11.8. The van der Waals surface area contributed by atoms with Gasteiger partial charge >= 0.3 is 5.97 Å². The number of ether oxygens (including phenoxy) is 1. The molecular weight excluding hydrogens is 280 g/mol. The summed E-state index contributed by atoms with van der Waals surface area (Å²) in [7, 11) is 0. The Hall–Kier alpha value is -1.89. The van der Waals surface area contributed by atoms with Gasteiger partial charge in [0, 0.05) is 11.8 Å². The first-order valence-corrected chi connectivity index (χ1v) is 7.34. The number of benzene rings is 1. The molecule has 0 N–H and O–H groups in total. The Morgan fingerprint density at radius 1 is 1.45 bits per heavy atom. The third-order valence-corrected chi connectivity index (χ3v) is 3.76. The highest BCUT2D eigenvalue weighted by Gasteiger charge is 2.36. The van der Waals surface area contributed by atoms with Crippen LogP contribution in [0.4, 0.5) is 5.69 Å². The van der Waals surface area contributed by atoms with E-state index < -0.39 is 16.4 Å². The van der Waals surface area contributed by atoms with E-state index in [1.807, 2.05) is 20.1 Å². The van der Waals surface area contributed by atoms with Crippen molar-refractivity contribution in [2.24, 2.45) is 4.99 Å². The van der Waals surface area contributed by atoms with Crippen molar-refractivity contribution in [3.8, 4) is 0 Å². The molecule has 1 aromatic rings. The van der Waals surface area contributed by atoms with Crippen LogP contribution in [-0.2, 0) is 4.74 Å². The van der Waals surface area contributed by atoms with Crippen molar-refractivity contribution < 1.29 is 14.5 Å². The molecule has 0 amide bonds. The van der Waals surface area contributed by atoms with Crippen LogP contribution in [-0.4, -0.2) is 34.3 Å². The fraction of sp³-hybridized carbons (Fsp3) is 0.385. The van der Waals surface area contributed by atoms with Crippen molar-refractivity contribution in [2.75, 3.05) is 12.0 Å². The van der Waals surface area contributed by atoms with Gasteiger partial charge in [0.15, 0.2) is 0 Å². The summed E-state index contributed by atoms with van der Waals surface area (Å²) in [5.41, 5.74) is -0.262. The molecule has 1 heterocycles. The Kier molecular flexibility index (Phi) is 3.80. The summed E-state index contributed by atoms with van der Waals surface area (Å²) in [5, 5.41) is 11.1. The number of nitro benzene ring substituents is 1. The minimum atomic E-state index is -0.595. The number of carbonyl (C=O) groups is 1. The minimum Gasteiger partial charge on any atom is -0.403 e. The van der Waals surface area contributed by atoms with Gasteiger partial charge in [0.1, 0.15) is 5.56 Å². The molecule has 0 unspecified atom stereocenters. The molecule has 0 saturated carbocycles. The zero-order valence-electron chi connectivity index (χ0n) is 11.4. The smallest absolute Gasteiger partial charge is 0.345 e. The van der Waals surface area contributed by atoms with Crippen LogP contribution < -0.4 is 0 Å². The van der Waals surface area contributed by atoms with Crippen LogP contribution in [0.3, 0.4) is 0 Å². The lowest BCUT2D eigenvalue weighted by Gasteiger charge is -2.18. The van der Waals surface area contributed by atoms with E-state index in [1.54, 1.807) is 11.8 Å². The zero-order chi connectivity index (χ0) is 14.9. The summed E-state index contributed by atoms with van der Waals surface area (Å²) in [5.74, 6) is 0.156. The Bertz CT molecular complexity index is 610. The second kappa shape index (κ2) is 5.24. The van der Waals surface area contributed by atoms with Gasteiger partial charge in [-0.15, -0.1) is 0 Å². The first kappa shape index (κ1) is 14.5. The molecule has 0 aliphatic carbocycles. The van der Waals surface area contributed by atoms with Crippen molar-refractivity contribution >= 4 is 29.3 Å². The molecule has 0 atom stereocenters. The quantitative estimate of drug-likeness (QED) is 0.484. The summed E-state index contributed by atoms with van der Waals surface area (Å²) in [6, 6.07) is 4.32. The Labute approximate surface area is 120 Å². The number of nitro groups is 1. The Balaban J connectivity index is 2.56. The van der Waals surface area contributed by atoms with Gasteiger partial charge in [-0.05, 0) is 26.2 Å². The summed E-state index contributed by atoms with van der Waals surface area (Å²) >= 11 is 1.60. The third-order valence-electron chi connectivity index (χ3n) is 2.76. The Morgan fingerprint density at radius 3 is 2.75 bits per heavy atom. The van der Waals surface area contributed by atoms with Gasteiger partial charge in [0.2, 0.25) is 5.90 Å². The van der Waals surface area contributed by atoms with Crippen molar-refractivity contribution in [3.05, 3.63) is 39.4 Å². The van der Waals surface area contributed by atoms with E-state index in [4.69, 9.17) is 4.74 Å². The number of thioether (sulfide) groups is 1. The first-order valence-electron chi connectivity index (χ1n) is 5.94. The molecule has 0 radical (unpaired) electrons. The predicted octanol–water partition coefficient (Wildman–Crippen LogP) is 2.65. The summed E-state index contributed by atoms with van der Waals surface area (Å²) < 4.78 is 5.10. The number of hydrogen-bond acceptors (Lipinski definition) is 6. The maximum Gasteiger partial charge on any atom is 0.345 e. The van der Waals surface area contributed by atoms with Crippen LogP contribution in [0, 0.1) is 10.1 Å². The van der Waals surface area contributed by atoms with Crippen LogP contribution in [0.2, 0.25) is 0 Å². The van der Waals surface area contributed by atoms with Gasteiger partial charge in [-0.25, -0.2) is 9.79 Å². The van der Waals surface area contributed by atoms with Crippen molar-refractivity contribution in [2.45, 2.75) is 19.4 Å². The van der Waals surface area contributed by atoms with Gasteiger partial charge in [0.25, 0.3) is 5.69 Å². The number of aliphatic imine (C=N–C) groups is 1. The molecule has 7 heteroatoms. The SMILES string of the molecule is CSCC(C)(C)/N=C1/OC(=O)c2cccc([N+](=O)[O-])c21. The topological polar surface area (TPSA) is 81.8 Å². The lowest BCUT2D eigenvalue weighted by Crippen LogP contribution is -2.23. The average molecular weight is 294 g/mol. The molecule has 1 aromatic carbocycles. The Morgan fingerprint density at radius 2 is 2.15 bits per heavy atom. The monoisotopic (exact) mass is 294 g/mol. The van der Waals surface area contributed by atoms with E-state index >= 15 is 0 Å². The molecule has 1 aliphatic rings. The fourth-order valence-corrected chi connectivity index (χ4v) is 2.79. The fourth-order valence-electron chi connectivity index (χ4n) is 2.02. The van der Waals surface area contributed by atoms with E-state index in [9.17, 15) is 14.9 Å². The number of nitrogens with zero attached hydrogens (tertiary/aromatic N) is 2. The highest BCUT2D eigenvalue weighted by Crippen LogP contribution is 2.31. The van der Waals surface area contributed by atoms with Crippen LogP contribution >= 0.6 is 11.8 Å². The second-order valence-corrected chi connectivity index (χ2v) is 5.87. The first-order chi connectivity index (χ1) is 9.35. The highest BCUT2D eigenvalue weighted by molar-refractivity contribution is 7.98. The predicted molar refractivity (Wildman–Crippen MR) is 77.5 cm³/mol. The van der Waals surface area contributed by atoms with E-state index in [2.05, 4.69) is 4.99 Å². The van der Waals surface area contributed by atoms with Gasteiger partial charge in [-0.2, -0.15) is 11.8 Å². The summed E-state index contributed by atoms with van der Waals surface area (Å²) in [4.78, 5) is 26.7. The maximum absolute atomic E-state index is 11.8. The minimum absolute atomic E-state index is 0.0383. The van der Waals surface area contributed by atoms with Crippen molar-refractivity contribution in [1.29, 1.82) is 0 Å². The van der Waals surface area contributed by atoms with Gasteiger partial charge in [-0.3, -0.25) is 10.1 Å². The molecule has 0 bridgehead atoms. The van der Waals surface area contributed by atoms with E-state index in [-0.39, 0.29) is 22.7 Å². The number of fused-ring (bicyclic) bond motifs is 1. The number of rotatable bonds is 4. The molecule has 20 heavy (non-hydrogen) atoms. The molecule has 2 rings (SSSR count). The molecule has 106 valence electrons. The second-order valence-electron chi connectivity index (χ2n) is 5.01. The molecule has 0 aromatic heterocycles. The van der Waals surface area contributed by atoms with Gasteiger partial charge < -0.3 is 4.74 Å². The van der Waals surface area contributed by atoms with Gasteiger partial charge in [-0.1, -0.05) is 6.07 Å². The van der Waals surface area contributed by atoms with Crippen LogP contribution in [0.1, 0.15) is 29.8 Å². The van der Waals surface area contributed by atoms with Crippen LogP contribution in [0.15, 0.2) is 23.2 Å². The van der Waals surface area contributed by atoms with Crippen molar-refractivity contribution in [1.82, 2.24) is 0 Å². The molecule has 6 nitrogen and oxygen atoms in total. The molecule has 1 aliphatic heterocycles. The van der Waals surface area contributed by atoms with Crippen LogP contribution in [0.25, 0.3) is 0 Å². The summed E-state index contributed by atoms with van der Waals surface area (Å²) in [6.45, 7) is 3.77. The number of hydrogen-bond donors (Lipinski definition) is 0. The zero-order valence-corrected chi connectivity index (χ0v) is 12.2. The van der Waals surface area contributed by atoms with E-state index in [1.165, 1.54) is 18.2 Å². The third kappa shape index (κ3) is 2.67. The number of esters is 1. The number of cyclic esters (lactones) is 1. The standard InChI is InChI=1S/C13H14N2O4S/c1-13(2,7-20-3)14-11-10-8(12(16)19-11)5-4-6-9(10)15(17)18/h4-6H,7H2,1-3H3/b14-11+. The normalized spacial score (nSPS) is 16.1. The lowest BCUT2D eigenvalue weighted by molar-refractivity contribution is -0.385. The average Bonchev–Trinajstić information content (AvgIpc) is 2.65. The number of carbonyl (C=O) groups excluding carboxylic acids is 1. The van der Waals surface area contributed by atoms with Gasteiger partial charge in [0.05, 0.1) is 16.0 Å². The molecular formula is C13H14N2O4S. The molecule has 0 fully saturated rings. The lowest BCUT2D eigenvalue weighted by atomic mass is 10.1. The van der Waals surface area contributed by atoms with E-state index in [0.717, 1.165) is 0 Å². The molecule has 0 saturated heterocycles. The summed E-state index contributed by atoms with van der Waals surface area (Å²) in [6.07, 6.45) is 1.94.